The first-order chi connectivity index (χ1) is 31.8. The average Bonchev–Trinajstić information content (AvgIpc) is 3.79. The molecule has 0 aliphatic rings. The normalized spacial score (nSPS) is 12.5. The fraction of sp³-hybridized carbons (Fsp3) is 0.109. The van der Waals surface area contributed by atoms with Gasteiger partial charge in [-0.25, -0.2) is 0 Å². The van der Waals surface area contributed by atoms with E-state index in [-0.39, 0.29) is 22.8 Å². The Morgan fingerprint density at radius 1 is 0.418 bits per heavy atom. The van der Waals surface area contributed by atoms with Gasteiger partial charge in [0.05, 0.1) is 61.8 Å². The number of fused-ring (bicyclic) bond motifs is 6. The number of halogens is 9. The van der Waals surface area contributed by atoms with Crippen molar-refractivity contribution in [3.05, 3.63) is 191 Å². The van der Waals surface area contributed by atoms with E-state index in [9.17, 15) is 44.8 Å². The maximum Gasteiger partial charge on any atom is 0.417 e. The number of nitriles is 1. The van der Waals surface area contributed by atoms with Gasteiger partial charge >= 0.3 is 18.5 Å². The monoisotopic (exact) mass is 907 g/mol. The van der Waals surface area contributed by atoms with E-state index in [0.717, 1.165) is 51.2 Å². The molecule has 0 saturated heterocycles. The summed E-state index contributed by atoms with van der Waals surface area (Å²) in [4.78, 5) is 0. The van der Waals surface area contributed by atoms with Crippen LogP contribution in [0.25, 0.3) is 88.4 Å². The molecule has 0 aliphatic heterocycles. The topological polar surface area (TPSA) is 33.6 Å². The maximum atomic E-state index is 14.8. The summed E-state index contributed by atoms with van der Waals surface area (Å²) in [5, 5.41) is 13.4. The van der Waals surface area contributed by atoms with Crippen molar-refractivity contribution in [2.45, 2.75) is 39.3 Å². The molecule has 8 aromatic carbocycles. The zero-order valence-electron chi connectivity index (χ0n) is 35.7. The van der Waals surface area contributed by atoms with Crippen molar-refractivity contribution in [1.29, 1.82) is 5.26 Å². The predicted octanol–water partition coefficient (Wildman–Crippen LogP) is 16.7. The SMILES string of the molecule is Cc1cc(-c2c(-n3c4ccccc4c4cc(-c5ccc(C)cc5C)ccc43)cc(C#N)cc2-n2c3ccccc3c3cc(-c4ccc(C(F)(F)F)cc4C(F)(F)F)ccc32)cc(C(F)(F)F)c1. The van der Waals surface area contributed by atoms with Crippen LogP contribution in [0.3, 0.4) is 0 Å². The minimum atomic E-state index is -5.14. The van der Waals surface area contributed by atoms with Gasteiger partial charge in [0.25, 0.3) is 0 Å². The van der Waals surface area contributed by atoms with Crippen molar-refractivity contribution >= 4 is 43.6 Å². The summed E-state index contributed by atoms with van der Waals surface area (Å²) < 4.78 is 133. The van der Waals surface area contributed by atoms with Crippen LogP contribution in [0.15, 0.2) is 152 Å². The highest BCUT2D eigenvalue weighted by atomic mass is 19.4. The summed E-state index contributed by atoms with van der Waals surface area (Å²) in [7, 11) is 0. The molecule has 0 spiro atoms. The summed E-state index contributed by atoms with van der Waals surface area (Å²) in [5.74, 6) is 0. The van der Waals surface area contributed by atoms with Crippen LogP contribution in [-0.2, 0) is 18.5 Å². The fourth-order valence-corrected chi connectivity index (χ4v) is 9.56. The molecular weight excluding hydrogens is 874 g/mol. The zero-order chi connectivity index (χ0) is 47.3. The smallest absolute Gasteiger partial charge is 0.308 e. The second-order valence-electron chi connectivity index (χ2n) is 16.8. The van der Waals surface area contributed by atoms with E-state index in [1.807, 2.05) is 60.9 Å². The molecular formula is C55H34F9N3. The third-order valence-corrected chi connectivity index (χ3v) is 12.4. The number of alkyl halides is 9. The predicted molar refractivity (Wildman–Crippen MR) is 245 cm³/mol. The summed E-state index contributed by atoms with van der Waals surface area (Å²) in [6.07, 6.45) is -14.9. The fourth-order valence-electron chi connectivity index (χ4n) is 9.56. The van der Waals surface area contributed by atoms with Crippen LogP contribution in [0.1, 0.15) is 38.9 Å². The molecule has 0 aliphatic carbocycles. The minimum Gasteiger partial charge on any atom is -0.308 e. The Labute approximate surface area is 377 Å². The van der Waals surface area contributed by atoms with E-state index in [2.05, 4.69) is 24.3 Å². The molecule has 67 heavy (non-hydrogen) atoms. The summed E-state index contributed by atoms with van der Waals surface area (Å²) in [5.41, 5.74) is 3.90. The molecule has 0 amide bonds. The maximum absolute atomic E-state index is 14.8. The van der Waals surface area contributed by atoms with Gasteiger partial charge < -0.3 is 9.13 Å². The molecule has 10 aromatic rings. The molecule has 2 aromatic heterocycles. The summed E-state index contributed by atoms with van der Waals surface area (Å²) in [6, 6.07) is 42.0. The Kier molecular flexibility index (Phi) is 9.92. The van der Waals surface area contributed by atoms with Crippen molar-refractivity contribution in [3.63, 3.8) is 0 Å². The highest BCUT2D eigenvalue weighted by molar-refractivity contribution is 6.13. The number of nitrogens with zero attached hydrogens (tertiary/aromatic N) is 3. The highest BCUT2D eigenvalue weighted by Gasteiger charge is 2.39. The van der Waals surface area contributed by atoms with E-state index in [0.29, 0.717) is 61.4 Å². The van der Waals surface area contributed by atoms with Crippen LogP contribution >= 0.6 is 0 Å². The van der Waals surface area contributed by atoms with Gasteiger partial charge in [0.15, 0.2) is 0 Å². The first-order valence-electron chi connectivity index (χ1n) is 21.0. The molecule has 0 saturated carbocycles. The molecule has 0 bridgehead atoms. The van der Waals surface area contributed by atoms with Crippen LogP contribution in [0.4, 0.5) is 39.5 Å². The molecule has 0 N–H and O–H groups in total. The highest BCUT2D eigenvalue weighted by Crippen LogP contribution is 2.47. The third kappa shape index (κ3) is 7.35. The third-order valence-electron chi connectivity index (χ3n) is 12.4. The number of aromatic nitrogens is 2. The molecule has 2 heterocycles. The van der Waals surface area contributed by atoms with E-state index >= 15 is 0 Å². The van der Waals surface area contributed by atoms with Crippen LogP contribution in [-0.4, -0.2) is 9.13 Å². The average molecular weight is 908 g/mol. The number of rotatable bonds is 5. The number of aryl methyl sites for hydroxylation is 3. The van der Waals surface area contributed by atoms with Gasteiger partial charge in [-0.2, -0.15) is 44.8 Å². The van der Waals surface area contributed by atoms with E-state index in [4.69, 9.17) is 0 Å². The number of hydrogen-bond acceptors (Lipinski definition) is 1. The van der Waals surface area contributed by atoms with Gasteiger partial charge in [0.1, 0.15) is 0 Å². The second kappa shape index (κ2) is 15.4. The molecule has 10 rings (SSSR count). The standard InChI is InChI=1S/C55H34F9N3/c1-30-12-16-39(32(3)20-30)34-13-18-48-43(26-34)41-8-4-6-10-46(41)66(48)50-23-33(29-65)24-51(52(50)36-21-31(2)22-38(25-36)54(59,60)61)67-47-11-7-5-9-42(47)44-27-35(14-19-49(44)67)40-17-15-37(53(56,57)58)28-45(40)55(62,63)64/h4-28H,1-3H3. The molecule has 0 fully saturated rings. The van der Waals surface area contributed by atoms with Gasteiger partial charge in [-0.1, -0.05) is 84.4 Å². The lowest BCUT2D eigenvalue weighted by atomic mass is 9.94. The number of benzene rings is 8. The van der Waals surface area contributed by atoms with Crippen molar-refractivity contribution < 1.29 is 39.5 Å². The van der Waals surface area contributed by atoms with Gasteiger partial charge in [-0.15, -0.1) is 0 Å². The molecule has 0 radical (unpaired) electrons. The second-order valence-corrected chi connectivity index (χ2v) is 16.8. The quantitative estimate of drug-likeness (QED) is 0.158. The minimum absolute atomic E-state index is 0.0119. The van der Waals surface area contributed by atoms with Crippen molar-refractivity contribution in [2.75, 3.05) is 0 Å². The lowest BCUT2D eigenvalue weighted by Gasteiger charge is -2.22. The first kappa shape index (κ1) is 43.1. The Balaban J connectivity index is 1.31. The van der Waals surface area contributed by atoms with E-state index in [1.54, 1.807) is 54.0 Å². The molecule has 3 nitrogen and oxygen atoms in total. The van der Waals surface area contributed by atoms with E-state index in [1.165, 1.54) is 18.2 Å². The lowest BCUT2D eigenvalue weighted by molar-refractivity contribution is -0.143. The molecule has 12 heteroatoms. The Bertz CT molecular complexity index is 3710. The Morgan fingerprint density at radius 2 is 0.940 bits per heavy atom. The Morgan fingerprint density at radius 3 is 1.46 bits per heavy atom. The van der Waals surface area contributed by atoms with Gasteiger partial charge in [-0.05, 0) is 133 Å². The van der Waals surface area contributed by atoms with Crippen LogP contribution in [0, 0.1) is 32.1 Å². The van der Waals surface area contributed by atoms with Gasteiger partial charge in [0.2, 0.25) is 0 Å². The first-order valence-corrected chi connectivity index (χ1v) is 21.0. The molecule has 332 valence electrons. The number of hydrogen-bond donors (Lipinski definition) is 0. The zero-order valence-corrected chi connectivity index (χ0v) is 35.7. The summed E-state index contributed by atoms with van der Waals surface area (Å²) in [6.45, 7) is 5.63. The number of para-hydroxylation sites is 2. The summed E-state index contributed by atoms with van der Waals surface area (Å²) >= 11 is 0. The molecule has 0 atom stereocenters. The van der Waals surface area contributed by atoms with Gasteiger partial charge in [0, 0.05) is 27.1 Å². The van der Waals surface area contributed by atoms with Crippen LogP contribution in [0.5, 0.6) is 0 Å². The van der Waals surface area contributed by atoms with Crippen LogP contribution in [0.2, 0.25) is 0 Å². The molecule has 0 unspecified atom stereocenters. The van der Waals surface area contributed by atoms with Crippen molar-refractivity contribution in [2.24, 2.45) is 0 Å². The Hall–Kier alpha value is -7.78. The van der Waals surface area contributed by atoms with Crippen LogP contribution < -0.4 is 0 Å². The van der Waals surface area contributed by atoms with Crippen molar-refractivity contribution in [3.8, 4) is 50.8 Å². The van der Waals surface area contributed by atoms with Gasteiger partial charge in [-0.3, -0.25) is 0 Å². The van der Waals surface area contributed by atoms with E-state index < -0.39 is 40.8 Å². The lowest BCUT2D eigenvalue weighted by Crippen LogP contribution is -2.12. The largest absolute Gasteiger partial charge is 0.417 e. The van der Waals surface area contributed by atoms with Crippen molar-refractivity contribution in [1.82, 2.24) is 9.13 Å².